The van der Waals surface area contributed by atoms with Gasteiger partial charge in [0.2, 0.25) is 0 Å². The van der Waals surface area contributed by atoms with Crippen molar-refractivity contribution in [3.63, 3.8) is 0 Å². The molecule has 1 fully saturated rings. The SMILES string of the molecule is CN=C(NCc1ccc(F)c(CN(C)C)c1)NC1CCCC1.I. The molecule has 1 aromatic carbocycles. The summed E-state index contributed by atoms with van der Waals surface area (Å²) in [6.07, 6.45) is 5.01. The Morgan fingerprint density at radius 3 is 2.61 bits per heavy atom. The fraction of sp³-hybridized carbons (Fsp3) is 0.588. The van der Waals surface area contributed by atoms with E-state index in [1.54, 1.807) is 13.1 Å². The number of aliphatic imine (C=N–C) groups is 1. The summed E-state index contributed by atoms with van der Waals surface area (Å²) in [6, 6.07) is 5.82. The lowest BCUT2D eigenvalue weighted by molar-refractivity contribution is 0.392. The Morgan fingerprint density at radius 1 is 1.30 bits per heavy atom. The van der Waals surface area contributed by atoms with Crippen LogP contribution in [0.5, 0.6) is 0 Å². The normalized spacial score (nSPS) is 15.6. The molecule has 1 aromatic rings. The number of hydrogen-bond donors (Lipinski definition) is 2. The van der Waals surface area contributed by atoms with Gasteiger partial charge in [-0.2, -0.15) is 0 Å². The molecule has 0 heterocycles. The first-order valence-corrected chi connectivity index (χ1v) is 7.97. The van der Waals surface area contributed by atoms with Crippen molar-refractivity contribution in [3.05, 3.63) is 35.1 Å². The molecule has 6 heteroatoms. The highest BCUT2D eigenvalue weighted by atomic mass is 127. The molecule has 0 aliphatic heterocycles. The molecule has 1 aliphatic rings. The van der Waals surface area contributed by atoms with Crippen LogP contribution < -0.4 is 10.6 Å². The molecule has 0 saturated heterocycles. The molecule has 0 unspecified atom stereocenters. The Morgan fingerprint density at radius 2 is 2.00 bits per heavy atom. The summed E-state index contributed by atoms with van der Waals surface area (Å²) in [5.74, 6) is 0.677. The van der Waals surface area contributed by atoms with Crippen LogP contribution >= 0.6 is 24.0 Å². The van der Waals surface area contributed by atoms with E-state index in [9.17, 15) is 4.39 Å². The Hall–Kier alpha value is -0.890. The first-order chi connectivity index (χ1) is 10.6. The summed E-state index contributed by atoms with van der Waals surface area (Å²) in [5, 5.41) is 6.77. The lowest BCUT2D eigenvalue weighted by atomic mass is 10.1. The highest BCUT2D eigenvalue weighted by Crippen LogP contribution is 2.17. The van der Waals surface area contributed by atoms with Crippen LogP contribution in [-0.2, 0) is 13.1 Å². The summed E-state index contributed by atoms with van der Waals surface area (Å²) in [7, 11) is 5.67. The maximum Gasteiger partial charge on any atom is 0.191 e. The second-order valence-corrected chi connectivity index (χ2v) is 6.22. The molecule has 1 saturated carbocycles. The van der Waals surface area contributed by atoms with Crippen LogP contribution in [0, 0.1) is 5.82 Å². The van der Waals surface area contributed by atoms with E-state index in [-0.39, 0.29) is 29.8 Å². The first-order valence-electron chi connectivity index (χ1n) is 7.97. The number of guanidine groups is 1. The minimum absolute atomic E-state index is 0. The molecule has 4 nitrogen and oxygen atoms in total. The maximum absolute atomic E-state index is 13.8. The van der Waals surface area contributed by atoms with Gasteiger partial charge >= 0.3 is 0 Å². The third-order valence-corrected chi connectivity index (χ3v) is 3.98. The van der Waals surface area contributed by atoms with Crippen LogP contribution in [0.25, 0.3) is 0 Å². The van der Waals surface area contributed by atoms with E-state index in [1.807, 2.05) is 31.1 Å². The highest BCUT2D eigenvalue weighted by molar-refractivity contribution is 14.0. The van der Waals surface area contributed by atoms with Gasteiger partial charge in [0.05, 0.1) is 0 Å². The van der Waals surface area contributed by atoms with Gasteiger partial charge in [-0.05, 0) is 44.6 Å². The quantitative estimate of drug-likeness (QED) is 0.425. The third-order valence-electron chi connectivity index (χ3n) is 3.98. The molecular formula is C17H28FIN4. The number of halogens is 2. The van der Waals surface area contributed by atoms with Crippen LogP contribution in [0.3, 0.4) is 0 Å². The van der Waals surface area contributed by atoms with Gasteiger partial charge in [0.1, 0.15) is 5.82 Å². The Kier molecular flexibility index (Phi) is 8.83. The molecule has 1 aliphatic carbocycles. The molecule has 0 spiro atoms. The zero-order chi connectivity index (χ0) is 15.9. The molecule has 130 valence electrons. The van der Waals surface area contributed by atoms with Crippen molar-refractivity contribution < 1.29 is 4.39 Å². The van der Waals surface area contributed by atoms with Gasteiger partial charge in [-0.1, -0.05) is 18.9 Å². The van der Waals surface area contributed by atoms with Crippen LogP contribution in [-0.4, -0.2) is 38.0 Å². The van der Waals surface area contributed by atoms with E-state index in [1.165, 1.54) is 25.7 Å². The number of rotatable bonds is 5. The van der Waals surface area contributed by atoms with E-state index in [2.05, 4.69) is 15.6 Å². The zero-order valence-corrected chi connectivity index (χ0v) is 16.6. The van der Waals surface area contributed by atoms with Crippen molar-refractivity contribution in [1.29, 1.82) is 0 Å². The van der Waals surface area contributed by atoms with Crippen molar-refractivity contribution in [1.82, 2.24) is 15.5 Å². The topological polar surface area (TPSA) is 39.7 Å². The summed E-state index contributed by atoms with van der Waals surface area (Å²) >= 11 is 0. The Bertz CT molecular complexity index is 513. The van der Waals surface area contributed by atoms with E-state index in [0.29, 0.717) is 19.1 Å². The fourth-order valence-electron chi connectivity index (χ4n) is 2.84. The van der Waals surface area contributed by atoms with Gasteiger partial charge in [0.15, 0.2) is 5.96 Å². The number of benzene rings is 1. The molecule has 0 radical (unpaired) electrons. The minimum Gasteiger partial charge on any atom is -0.354 e. The number of nitrogens with zero attached hydrogens (tertiary/aromatic N) is 2. The van der Waals surface area contributed by atoms with Crippen molar-refractivity contribution in [2.24, 2.45) is 4.99 Å². The van der Waals surface area contributed by atoms with Gasteiger partial charge in [-0.15, -0.1) is 24.0 Å². The Balaban J connectivity index is 0.00000264. The van der Waals surface area contributed by atoms with Crippen molar-refractivity contribution in [3.8, 4) is 0 Å². The van der Waals surface area contributed by atoms with E-state index in [0.717, 1.165) is 17.1 Å². The zero-order valence-electron chi connectivity index (χ0n) is 14.2. The van der Waals surface area contributed by atoms with Gasteiger partial charge in [0.25, 0.3) is 0 Å². The predicted molar refractivity (Wildman–Crippen MR) is 105 cm³/mol. The highest BCUT2D eigenvalue weighted by Gasteiger charge is 2.15. The fourth-order valence-corrected chi connectivity index (χ4v) is 2.84. The van der Waals surface area contributed by atoms with Crippen LogP contribution in [0.1, 0.15) is 36.8 Å². The average molecular weight is 434 g/mol. The summed E-state index contributed by atoms with van der Waals surface area (Å²) in [6.45, 7) is 1.25. The smallest absolute Gasteiger partial charge is 0.191 e. The molecule has 0 atom stereocenters. The van der Waals surface area contributed by atoms with Gasteiger partial charge in [0, 0.05) is 31.7 Å². The van der Waals surface area contributed by atoms with Crippen molar-refractivity contribution >= 4 is 29.9 Å². The second kappa shape index (κ2) is 10.1. The maximum atomic E-state index is 13.8. The molecular weight excluding hydrogens is 406 g/mol. The summed E-state index contributed by atoms with van der Waals surface area (Å²) < 4.78 is 13.8. The number of hydrogen-bond acceptors (Lipinski definition) is 2. The van der Waals surface area contributed by atoms with Gasteiger partial charge in [-0.3, -0.25) is 4.99 Å². The minimum atomic E-state index is -0.147. The van der Waals surface area contributed by atoms with E-state index >= 15 is 0 Å². The van der Waals surface area contributed by atoms with E-state index in [4.69, 9.17) is 0 Å². The summed E-state index contributed by atoms with van der Waals surface area (Å²) in [4.78, 5) is 6.24. The lowest BCUT2D eigenvalue weighted by Crippen LogP contribution is -2.41. The first kappa shape index (κ1) is 20.2. The summed E-state index contributed by atoms with van der Waals surface area (Å²) in [5.41, 5.74) is 1.79. The lowest BCUT2D eigenvalue weighted by Gasteiger charge is -2.17. The predicted octanol–water partition coefficient (Wildman–Crippen LogP) is 3.11. The molecule has 0 aromatic heterocycles. The second-order valence-electron chi connectivity index (χ2n) is 6.22. The monoisotopic (exact) mass is 434 g/mol. The van der Waals surface area contributed by atoms with Crippen molar-refractivity contribution in [2.45, 2.75) is 44.8 Å². The van der Waals surface area contributed by atoms with Crippen LogP contribution in [0.15, 0.2) is 23.2 Å². The molecule has 0 bridgehead atoms. The Labute approximate surface area is 156 Å². The van der Waals surface area contributed by atoms with E-state index < -0.39 is 0 Å². The van der Waals surface area contributed by atoms with Crippen molar-refractivity contribution in [2.75, 3.05) is 21.1 Å². The van der Waals surface area contributed by atoms with Gasteiger partial charge < -0.3 is 15.5 Å². The molecule has 0 amide bonds. The van der Waals surface area contributed by atoms with Crippen LogP contribution in [0.2, 0.25) is 0 Å². The largest absolute Gasteiger partial charge is 0.354 e. The molecule has 2 rings (SSSR count). The third kappa shape index (κ3) is 6.63. The molecule has 23 heavy (non-hydrogen) atoms. The standard InChI is InChI=1S/C17H27FN4.HI/c1-19-17(21-15-6-4-5-7-15)20-11-13-8-9-16(18)14(10-13)12-22(2)3;/h8-10,15H,4-7,11-12H2,1-3H3,(H2,19,20,21);1H. The molecule has 2 N–H and O–H groups in total. The number of nitrogens with one attached hydrogen (secondary N) is 2. The van der Waals surface area contributed by atoms with Gasteiger partial charge in [-0.25, -0.2) is 4.39 Å². The van der Waals surface area contributed by atoms with Crippen LogP contribution in [0.4, 0.5) is 4.39 Å². The average Bonchev–Trinajstić information content (AvgIpc) is 2.99.